The van der Waals surface area contributed by atoms with E-state index in [0.717, 1.165) is 12.1 Å². The maximum atomic E-state index is 12.0. The zero-order valence-electron chi connectivity index (χ0n) is 10.4. The van der Waals surface area contributed by atoms with Crippen LogP contribution in [0.15, 0.2) is 24.3 Å². The average molecular weight is 294 g/mol. The van der Waals surface area contributed by atoms with Crippen molar-refractivity contribution in [3.63, 3.8) is 0 Å². The molecule has 0 radical (unpaired) electrons. The zero-order valence-corrected chi connectivity index (χ0v) is 10.4. The first-order chi connectivity index (χ1) is 9.35. The van der Waals surface area contributed by atoms with E-state index in [0.29, 0.717) is 0 Å². The van der Waals surface area contributed by atoms with Gasteiger partial charge >= 0.3 is 6.36 Å². The van der Waals surface area contributed by atoms with Gasteiger partial charge in [0, 0.05) is 7.11 Å². The van der Waals surface area contributed by atoms with Crippen LogP contribution in [0, 0.1) is 0 Å². The Bertz CT molecular complexity index is 436. The maximum absolute atomic E-state index is 12.0. The minimum Gasteiger partial charge on any atom is -0.478 e. The Morgan fingerprint density at radius 2 is 1.85 bits per heavy atom. The number of carbonyl (C=O) groups is 1. The Kier molecular flexibility index (Phi) is 5.59. The van der Waals surface area contributed by atoms with Crippen molar-refractivity contribution < 1.29 is 32.2 Å². The van der Waals surface area contributed by atoms with E-state index < -0.39 is 24.1 Å². The second-order valence-electron chi connectivity index (χ2n) is 3.59. The highest BCUT2D eigenvalue weighted by Crippen LogP contribution is 2.25. The predicted molar refractivity (Wildman–Crippen MR) is 61.7 cm³/mol. The summed E-state index contributed by atoms with van der Waals surface area (Å²) >= 11 is 0. The minimum atomic E-state index is -4.76. The number of ether oxygens (including phenoxy) is 3. The molecule has 1 amide bonds. The third kappa shape index (κ3) is 5.33. The van der Waals surface area contributed by atoms with E-state index in [-0.39, 0.29) is 12.4 Å². The zero-order chi connectivity index (χ0) is 15.2. The molecule has 112 valence electrons. The van der Waals surface area contributed by atoms with Gasteiger partial charge in [-0.3, -0.25) is 10.2 Å². The molecule has 0 aliphatic carbocycles. The number of nitrogens with one attached hydrogen (secondary N) is 1. The summed E-state index contributed by atoms with van der Waals surface area (Å²) < 4.78 is 49.6. The van der Waals surface area contributed by atoms with Gasteiger partial charge < -0.3 is 14.2 Å². The SMILES string of the molecule is COCC(Oc1ccc(OC(F)(F)F)cc1)C(=O)NN. The molecule has 9 heteroatoms. The van der Waals surface area contributed by atoms with Crippen LogP contribution in [0.4, 0.5) is 13.2 Å². The van der Waals surface area contributed by atoms with Crippen LogP contribution in [-0.4, -0.2) is 32.1 Å². The third-order valence-corrected chi connectivity index (χ3v) is 2.09. The fourth-order valence-electron chi connectivity index (χ4n) is 1.29. The molecule has 1 aromatic carbocycles. The molecular formula is C11H13F3N2O4. The topological polar surface area (TPSA) is 82.8 Å². The highest BCUT2D eigenvalue weighted by Gasteiger charge is 2.31. The molecule has 0 aliphatic heterocycles. The summed E-state index contributed by atoms with van der Waals surface area (Å²) in [4.78, 5) is 11.3. The highest BCUT2D eigenvalue weighted by molar-refractivity contribution is 5.80. The predicted octanol–water partition coefficient (Wildman–Crippen LogP) is 0.969. The number of hydrazine groups is 1. The monoisotopic (exact) mass is 294 g/mol. The Morgan fingerprint density at radius 1 is 1.30 bits per heavy atom. The van der Waals surface area contributed by atoms with E-state index in [1.54, 1.807) is 0 Å². The Morgan fingerprint density at radius 3 is 2.30 bits per heavy atom. The van der Waals surface area contributed by atoms with Crippen molar-refractivity contribution in [1.29, 1.82) is 0 Å². The number of methoxy groups -OCH3 is 1. The van der Waals surface area contributed by atoms with Crippen LogP contribution >= 0.6 is 0 Å². The molecule has 0 aliphatic rings. The summed E-state index contributed by atoms with van der Waals surface area (Å²) in [7, 11) is 1.36. The standard InChI is InChI=1S/C11H13F3N2O4/c1-18-6-9(10(17)16-15)19-7-2-4-8(5-3-7)20-11(12,13)14/h2-5,9H,6,15H2,1H3,(H,16,17). The first kappa shape index (κ1) is 16.1. The van der Waals surface area contributed by atoms with Crippen molar-refractivity contribution in [2.24, 2.45) is 5.84 Å². The van der Waals surface area contributed by atoms with Gasteiger partial charge in [-0.1, -0.05) is 0 Å². The normalized spacial score (nSPS) is 12.7. The maximum Gasteiger partial charge on any atom is 0.573 e. The number of amides is 1. The molecule has 0 fully saturated rings. The number of halogens is 3. The highest BCUT2D eigenvalue weighted by atomic mass is 19.4. The average Bonchev–Trinajstić information content (AvgIpc) is 2.38. The van der Waals surface area contributed by atoms with E-state index >= 15 is 0 Å². The van der Waals surface area contributed by atoms with Crippen molar-refractivity contribution in [3.05, 3.63) is 24.3 Å². The number of carbonyl (C=O) groups excluding carboxylic acids is 1. The molecule has 0 aromatic heterocycles. The van der Waals surface area contributed by atoms with E-state index in [1.807, 2.05) is 5.43 Å². The quantitative estimate of drug-likeness (QED) is 0.464. The molecule has 3 N–H and O–H groups in total. The van der Waals surface area contributed by atoms with Gasteiger partial charge in [-0.05, 0) is 24.3 Å². The first-order valence-electron chi connectivity index (χ1n) is 5.37. The van der Waals surface area contributed by atoms with Crippen LogP contribution < -0.4 is 20.7 Å². The lowest BCUT2D eigenvalue weighted by atomic mass is 10.3. The van der Waals surface area contributed by atoms with Crippen molar-refractivity contribution in [2.75, 3.05) is 13.7 Å². The number of hydrogen-bond donors (Lipinski definition) is 2. The van der Waals surface area contributed by atoms with Crippen LogP contribution in [0.5, 0.6) is 11.5 Å². The number of benzene rings is 1. The summed E-state index contributed by atoms with van der Waals surface area (Å²) in [5.74, 6) is 4.13. The van der Waals surface area contributed by atoms with Crippen molar-refractivity contribution in [2.45, 2.75) is 12.5 Å². The van der Waals surface area contributed by atoms with Crippen molar-refractivity contribution in [1.82, 2.24) is 5.43 Å². The molecule has 1 atom stereocenters. The van der Waals surface area contributed by atoms with Gasteiger partial charge in [-0.25, -0.2) is 5.84 Å². The fraction of sp³-hybridized carbons (Fsp3) is 0.364. The molecule has 0 heterocycles. The summed E-state index contributed by atoms with van der Waals surface area (Å²) in [5.41, 5.74) is 1.90. The van der Waals surface area contributed by atoms with Crippen LogP contribution in [0.1, 0.15) is 0 Å². The molecule has 1 unspecified atom stereocenters. The van der Waals surface area contributed by atoms with Gasteiger partial charge in [0.2, 0.25) is 6.10 Å². The molecule has 0 bridgehead atoms. The number of nitrogens with two attached hydrogens (primary N) is 1. The smallest absolute Gasteiger partial charge is 0.478 e. The summed E-state index contributed by atoms with van der Waals surface area (Å²) in [6.07, 6.45) is -5.78. The number of rotatable bonds is 6. The number of alkyl halides is 3. The molecule has 1 aromatic rings. The number of hydrogen-bond acceptors (Lipinski definition) is 5. The van der Waals surface area contributed by atoms with Crippen molar-refractivity contribution in [3.8, 4) is 11.5 Å². The molecule has 0 spiro atoms. The molecule has 20 heavy (non-hydrogen) atoms. The second kappa shape index (κ2) is 6.96. The Balaban J connectivity index is 2.70. The molecular weight excluding hydrogens is 281 g/mol. The lowest BCUT2D eigenvalue weighted by Crippen LogP contribution is -2.44. The second-order valence-corrected chi connectivity index (χ2v) is 3.59. The van der Waals surface area contributed by atoms with Crippen LogP contribution in [-0.2, 0) is 9.53 Å². The summed E-state index contributed by atoms with van der Waals surface area (Å²) in [6, 6.07) is 4.58. The third-order valence-electron chi connectivity index (χ3n) is 2.09. The van der Waals surface area contributed by atoms with E-state index in [2.05, 4.69) is 4.74 Å². The largest absolute Gasteiger partial charge is 0.573 e. The van der Waals surface area contributed by atoms with Gasteiger partial charge in [-0.2, -0.15) is 0 Å². The van der Waals surface area contributed by atoms with E-state index in [1.165, 1.54) is 19.2 Å². The van der Waals surface area contributed by atoms with E-state index in [4.69, 9.17) is 15.3 Å². The van der Waals surface area contributed by atoms with Gasteiger partial charge in [0.05, 0.1) is 6.61 Å². The molecule has 1 rings (SSSR count). The van der Waals surface area contributed by atoms with Gasteiger partial charge in [-0.15, -0.1) is 13.2 Å². The minimum absolute atomic E-state index is 0.0656. The van der Waals surface area contributed by atoms with E-state index in [9.17, 15) is 18.0 Å². The lowest BCUT2D eigenvalue weighted by Gasteiger charge is -2.17. The lowest BCUT2D eigenvalue weighted by molar-refractivity contribution is -0.274. The van der Waals surface area contributed by atoms with Gasteiger partial charge in [0.25, 0.3) is 5.91 Å². The Labute approximate surface area is 112 Å². The summed E-state index contributed by atoms with van der Waals surface area (Å²) in [5, 5.41) is 0. The van der Waals surface area contributed by atoms with Gasteiger partial charge in [0.1, 0.15) is 11.5 Å². The van der Waals surface area contributed by atoms with Gasteiger partial charge in [0.15, 0.2) is 0 Å². The van der Waals surface area contributed by atoms with Crippen molar-refractivity contribution >= 4 is 5.91 Å². The molecule has 0 saturated heterocycles. The van der Waals surface area contributed by atoms with Crippen LogP contribution in [0.2, 0.25) is 0 Å². The first-order valence-corrected chi connectivity index (χ1v) is 5.37. The molecule has 6 nitrogen and oxygen atoms in total. The fourth-order valence-corrected chi connectivity index (χ4v) is 1.29. The molecule has 0 saturated carbocycles. The van der Waals surface area contributed by atoms with Crippen LogP contribution in [0.3, 0.4) is 0 Å². The Hall–Kier alpha value is -2.00. The van der Waals surface area contributed by atoms with Crippen LogP contribution in [0.25, 0.3) is 0 Å². The summed E-state index contributed by atoms with van der Waals surface area (Å²) in [6.45, 7) is -0.0656.